The van der Waals surface area contributed by atoms with Crippen LogP contribution in [-0.2, 0) is 14.6 Å². The van der Waals surface area contributed by atoms with Crippen molar-refractivity contribution in [1.82, 2.24) is 9.97 Å². The number of ether oxygens (including phenoxy) is 1. The molecule has 1 heterocycles. The molecule has 0 saturated carbocycles. The first kappa shape index (κ1) is 12.8. The average Bonchev–Trinajstić information content (AvgIpc) is 2.72. The number of imidazole rings is 1. The van der Waals surface area contributed by atoms with Crippen LogP contribution in [0.3, 0.4) is 0 Å². The van der Waals surface area contributed by atoms with E-state index in [1.807, 2.05) is 0 Å². The lowest BCUT2D eigenvalue weighted by atomic mass is 10.3. The van der Waals surface area contributed by atoms with E-state index in [1.54, 1.807) is 18.2 Å². The third kappa shape index (κ3) is 2.62. The highest BCUT2D eigenvalue weighted by Gasteiger charge is 2.18. The maximum atomic E-state index is 12.0. The number of nitrogens with one attached hydrogen (secondary N) is 1. The van der Waals surface area contributed by atoms with Gasteiger partial charge in [-0.1, -0.05) is 0 Å². The molecule has 0 aliphatic rings. The van der Waals surface area contributed by atoms with E-state index in [2.05, 4.69) is 9.97 Å². The van der Waals surface area contributed by atoms with Gasteiger partial charge in [-0.3, -0.25) is 0 Å². The van der Waals surface area contributed by atoms with Gasteiger partial charge in [0.05, 0.1) is 16.8 Å². The Hall–Kier alpha value is -1.60. The van der Waals surface area contributed by atoms with Crippen LogP contribution in [-0.4, -0.2) is 37.9 Å². The first-order chi connectivity index (χ1) is 8.53. The second-order valence-electron chi connectivity index (χ2n) is 3.98. The standard InChI is InChI=1S/C11H15N3O3S/c1-17-5-2-6-18(15,16)11-13-9-4-3-8(12)7-10(9)14-11/h3-4,7H,2,5-6,12H2,1H3,(H,13,14). The average molecular weight is 269 g/mol. The van der Waals surface area contributed by atoms with Crippen molar-refractivity contribution in [2.45, 2.75) is 11.6 Å². The molecule has 0 amide bonds. The van der Waals surface area contributed by atoms with Crippen LogP contribution in [0, 0.1) is 0 Å². The molecule has 0 bridgehead atoms. The summed E-state index contributed by atoms with van der Waals surface area (Å²) in [4.78, 5) is 6.85. The van der Waals surface area contributed by atoms with E-state index < -0.39 is 9.84 Å². The van der Waals surface area contributed by atoms with Crippen molar-refractivity contribution in [2.24, 2.45) is 0 Å². The predicted molar refractivity (Wildman–Crippen MR) is 69.1 cm³/mol. The van der Waals surface area contributed by atoms with E-state index in [9.17, 15) is 8.42 Å². The van der Waals surface area contributed by atoms with Gasteiger partial charge in [0.2, 0.25) is 15.0 Å². The van der Waals surface area contributed by atoms with Crippen molar-refractivity contribution in [3.8, 4) is 0 Å². The highest BCUT2D eigenvalue weighted by atomic mass is 32.2. The summed E-state index contributed by atoms with van der Waals surface area (Å²) in [6.07, 6.45) is 0.442. The van der Waals surface area contributed by atoms with Crippen LogP contribution in [0.1, 0.15) is 6.42 Å². The number of aromatic amines is 1. The third-order valence-corrected chi connectivity index (χ3v) is 4.15. The summed E-state index contributed by atoms with van der Waals surface area (Å²) >= 11 is 0. The minimum atomic E-state index is -3.39. The number of rotatable bonds is 5. The second-order valence-corrected chi connectivity index (χ2v) is 6.01. The fourth-order valence-corrected chi connectivity index (χ4v) is 2.84. The van der Waals surface area contributed by atoms with E-state index in [0.717, 1.165) is 0 Å². The number of aromatic nitrogens is 2. The monoisotopic (exact) mass is 269 g/mol. The second kappa shape index (κ2) is 4.95. The molecule has 0 radical (unpaired) electrons. The molecular weight excluding hydrogens is 254 g/mol. The summed E-state index contributed by atoms with van der Waals surface area (Å²) in [7, 11) is -1.86. The number of sulfone groups is 1. The molecule has 2 rings (SSSR count). The van der Waals surface area contributed by atoms with E-state index >= 15 is 0 Å². The minimum absolute atomic E-state index is 0.0101. The maximum absolute atomic E-state index is 12.0. The molecule has 0 aliphatic carbocycles. The van der Waals surface area contributed by atoms with Gasteiger partial charge in [0.25, 0.3) is 0 Å². The molecule has 1 aromatic heterocycles. The molecule has 0 saturated heterocycles. The molecule has 2 aromatic rings. The van der Waals surface area contributed by atoms with Gasteiger partial charge in [0.1, 0.15) is 0 Å². The number of nitrogens with two attached hydrogens (primary N) is 1. The molecule has 0 fully saturated rings. The normalized spacial score (nSPS) is 12.1. The van der Waals surface area contributed by atoms with Crippen molar-refractivity contribution in [3.05, 3.63) is 18.2 Å². The molecule has 18 heavy (non-hydrogen) atoms. The number of methoxy groups -OCH3 is 1. The molecule has 0 spiro atoms. The topological polar surface area (TPSA) is 98.1 Å². The van der Waals surface area contributed by atoms with Gasteiger partial charge >= 0.3 is 0 Å². The van der Waals surface area contributed by atoms with E-state index in [0.29, 0.717) is 29.7 Å². The zero-order valence-electron chi connectivity index (χ0n) is 10.0. The smallest absolute Gasteiger partial charge is 0.226 e. The van der Waals surface area contributed by atoms with Gasteiger partial charge in [-0.2, -0.15) is 0 Å². The molecule has 0 atom stereocenters. The van der Waals surface area contributed by atoms with Crippen LogP contribution in [0.25, 0.3) is 11.0 Å². The number of fused-ring (bicyclic) bond motifs is 1. The Morgan fingerprint density at radius 3 is 2.94 bits per heavy atom. The summed E-state index contributed by atoms with van der Waals surface area (Å²) in [6.45, 7) is 0.409. The molecular formula is C11H15N3O3S. The fourth-order valence-electron chi connectivity index (χ4n) is 1.64. The molecule has 0 aliphatic heterocycles. The molecule has 0 unspecified atom stereocenters. The van der Waals surface area contributed by atoms with Crippen LogP contribution < -0.4 is 5.73 Å². The summed E-state index contributed by atoms with van der Waals surface area (Å²) in [6, 6.07) is 5.04. The molecule has 7 heteroatoms. The Kier molecular flexibility index (Phi) is 3.53. The predicted octanol–water partition coefficient (Wildman–Crippen LogP) is 0.955. The third-order valence-electron chi connectivity index (χ3n) is 2.54. The molecule has 3 N–H and O–H groups in total. The number of anilines is 1. The SMILES string of the molecule is COCCCS(=O)(=O)c1nc2ccc(N)cc2[nH]1. The van der Waals surface area contributed by atoms with Crippen LogP contribution in [0.2, 0.25) is 0 Å². The summed E-state index contributed by atoms with van der Waals surface area (Å²) < 4.78 is 28.8. The van der Waals surface area contributed by atoms with Gasteiger partial charge in [-0.25, -0.2) is 13.4 Å². The first-order valence-corrected chi connectivity index (χ1v) is 7.15. The van der Waals surface area contributed by atoms with E-state index in [1.165, 1.54) is 7.11 Å². The highest BCUT2D eigenvalue weighted by Crippen LogP contribution is 2.18. The summed E-state index contributed by atoms with van der Waals surface area (Å²) in [5, 5.41) is -0.0146. The fraction of sp³-hybridized carbons (Fsp3) is 0.364. The Morgan fingerprint density at radius 2 is 2.22 bits per heavy atom. The minimum Gasteiger partial charge on any atom is -0.399 e. The van der Waals surface area contributed by atoms with E-state index in [4.69, 9.17) is 10.5 Å². The van der Waals surface area contributed by atoms with Crippen molar-refractivity contribution in [2.75, 3.05) is 25.2 Å². The molecule has 6 nitrogen and oxygen atoms in total. The Bertz CT molecular complexity index is 649. The van der Waals surface area contributed by atoms with Crippen LogP contribution in [0.15, 0.2) is 23.4 Å². The van der Waals surface area contributed by atoms with Crippen molar-refractivity contribution in [3.63, 3.8) is 0 Å². The Balaban J connectivity index is 2.30. The lowest BCUT2D eigenvalue weighted by molar-refractivity contribution is 0.199. The number of H-pyrrole nitrogens is 1. The van der Waals surface area contributed by atoms with Gasteiger partial charge in [0.15, 0.2) is 0 Å². The van der Waals surface area contributed by atoms with Gasteiger partial charge < -0.3 is 15.5 Å². The Morgan fingerprint density at radius 1 is 1.44 bits per heavy atom. The number of nitrogens with zero attached hydrogens (tertiary/aromatic N) is 1. The number of benzene rings is 1. The van der Waals surface area contributed by atoms with Crippen molar-refractivity contribution >= 4 is 26.6 Å². The lowest BCUT2D eigenvalue weighted by Crippen LogP contribution is -2.10. The van der Waals surface area contributed by atoms with Crippen molar-refractivity contribution in [1.29, 1.82) is 0 Å². The Labute approximate surface area is 105 Å². The maximum Gasteiger partial charge on any atom is 0.226 e. The largest absolute Gasteiger partial charge is 0.399 e. The number of hydrogen-bond donors (Lipinski definition) is 2. The zero-order chi connectivity index (χ0) is 13.2. The first-order valence-electron chi connectivity index (χ1n) is 5.50. The highest BCUT2D eigenvalue weighted by molar-refractivity contribution is 7.91. The molecule has 1 aromatic carbocycles. The lowest BCUT2D eigenvalue weighted by Gasteiger charge is -1.99. The van der Waals surface area contributed by atoms with Crippen LogP contribution in [0.5, 0.6) is 0 Å². The number of hydrogen-bond acceptors (Lipinski definition) is 5. The van der Waals surface area contributed by atoms with Crippen LogP contribution >= 0.6 is 0 Å². The quantitative estimate of drug-likeness (QED) is 0.622. The zero-order valence-corrected chi connectivity index (χ0v) is 10.8. The number of nitrogen functional groups attached to an aromatic ring is 1. The van der Waals surface area contributed by atoms with Gasteiger partial charge in [0, 0.05) is 19.4 Å². The van der Waals surface area contributed by atoms with Crippen molar-refractivity contribution < 1.29 is 13.2 Å². The van der Waals surface area contributed by atoms with Gasteiger partial charge in [-0.15, -0.1) is 0 Å². The summed E-state index contributed by atoms with van der Waals surface area (Å²) in [5.41, 5.74) is 7.41. The molecule has 98 valence electrons. The van der Waals surface area contributed by atoms with Gasteiger partial charge in [-0.05, 0) is 24.6 Å². The summed E-state index contributed by atoms with van der Waals surface area (Å²) in [5.74, 6) is 0.0101. The van der Waals surface area contributed by atoms with Crippen LogP contribution in [0.4, 0.5) is 5.69 Å². The van der Waals surface area contributed by atoms with E-state index in [-0.39, 0.29) is 10.9 Å².